The second-order valence-corrected chi connectivity index (χ2v) is 13.0. The summed E-state index contributed by atoms with van der Waals surface area (Å²) in [6, 6.07) is 17.0. The Balaban J connectivity index is 1.48. The third-order valence-electron chi connectivity index (χ3n) is 8.70. The Hall–Kier alpha value is -4.44. The first-order chi connectivity index (χ1) is 26.2. The summed E-state index contributed by atoms with van der Waals surface area (Å²) in [4.78, 5) is 24.7. The summed E-state index contributed by atoms with van der Waals surface area (Å²) in [7, 11) is 0. The molecule has 0 spiro atoms. The van der Waals surface area contributed by atoms with Gasteiger partial charge in [0, 0.05) is 0 Å². The maximum absolute atomic E-state index is 14.0. The predicted octanol–water partition coefficient (Wildman–Crippen LogP) is 12.5. The first-order valence-electron chi connectivity index (χ1n) is 17.7. The van der Waals surface area contributed by atoms with E-state index in [1.807, 2.05) is 24.3 Å². The van der Waals surface area contributed by atoms with E-state index in [-0.39, 0.29) is 11.3 Å². The van der Waals surface area contributed by atoms with Crippen molar-refractivity contribution in [3.05, 3.63) is 83.9 Å². The third kappa shape index (κ3) is 11.1. The van der Waals surface area contributed by atoms with Crippen LogP contribution in [0.1, 0.15) is 91.8 Å². The van der Waals surface area contributed by atoms with Crippen molar-refractivity contribution in [2.45, 2.75) is 107 Å². The molecule has 0 fully saturated rings. The zero-order valence-electron chi connectivity index (χ0n) is 30.1. The standard InChI is InChI=1S/C39H40F12O5/c1-2-3-4-5-6-7-8-9-10-11-24-54-30-20-16-27(17-21-30)26-12-14-29(15-13-26)33(53)56-31-22-18-28(19-23-31)32(52)55-25-35(42,43)37(46,47)39(50,51)38(48,49)36(44,45)34(40)41/h12-23,34H,2-11,24-25H2,1H3. The van der Waals surface area contributed by atoms with Crippen LogP contribution in [0.5, 0.6) is 11.5 Å². The maximum Gasteiger partial charge on any atom is 0.384 e. The molecule has 0 aliphatic carbocycles. The minimum absolute atomic E-state index is 0.0885. The lowest BCUT2D eigenvalue weighted by Gasteiger charge is -2.38. The molecular formula is C39H40F12O5. The van der Waals surface area contributed by atoms with Gasteiger partial charge in [-0.25, -0.2) is 18.4 Å². The molecule has 0 radical (unpaired) electrons. The lowest BCUT2D eigenvalue weighted by Crippen LogP contribution is -2.69. The quantitative estimate of drug-likeness (QED) is 0.0413. The molecule has 0 saturated carbocycles. The van der Waals surface area contributed by atoms with Crippen molar-refractivity contribution in [2.24, 2.45) is 0 Å². The van der Waals surface area contributed by atoms with Gasteiger partial charge in [0.1, 0.15) is 11.5 Å². The van der Waals surface area contributed by atoms with Crippen LogP contribution in [0.15, 0.2) is 72.8 Å². The van der Waals surface area contributed by atoms with Gasteiger partial charge in [-0.15, -0.1) is 0 Å². The highest BCUT2D eigenvalue weighted by atomic mass is 19.4. The monoisotopic (exact) mass is 816 g/mol. The molecule has 0 bridgehead atoms. The van der Waals surface area contributed by atoms with Crippen molar-refractivity contribution in [3.8, 4) is 22.6 Å². The lowest BCUT2D eigenvalue weighted by atomic mass is 9.94. The SMILES string of the molecule is CCCCCCCCCCCCOc1ccc(-c2ccc(C(=O)Oc3ccc(C(=O)OCC(F)(F)C(F)(F)C(F)(F)C(F)(F)C(F)(F)C(F)F)cc3)cc2)cc1. The van der Waals surface area contributed by atoms with Crippen LogP contribution in [-0.4, -0.2) is 61.2 Å². The van der Waals surface area contributed by atoms with E-state index in [9.17, 15) is 62.3 Å². The molecule has 0 N–H and O–H groups in total. The third-order valence-corrected chi connectivity index (χ3v) is 8.70. The van der Waals surface area contributed by atoms with Crippen LogP contribution in [-0.2, 0) is 4.74 Å². The summed E-state index contributed by atoms with van der Waals surface area (Å²) in [6.45, 7) is -0.234. The number of unbranched alkanes of at least 4 members (excludes halogenated alkanes) is 9. The zero-order valence-corrected chi connectivity index (χ0v) is 30.1. The number of carbonyl (C=O) groups excluding carboxylic acids is 2. The summed E-state index contributed by atoms with van der Waals surface area (Å²) in [5.74, 6) is -38.7. The molecule has 0 saturated heterocycles. The average molecular weight is 817 g/mol. The van der Waals surface area contributed by atoms with Gasteiger partial charge in [0.05, 0.1) is 17.7 Å². The fraction of sp³-hybridized carbons (Fsp3) is 0.487. The van der Waals surface area contributed by atoms with Crippen LogP contribution in [0.25, 0.3) is 11.1 Å². The van der Waals surface area contributed by atoms with Gasteiger partial charge in [-0.3, -0.25) is 0 Å². The Morgan fingerprint density at radius 1 is 0.536 bits per heavy atom. The fourth-order valence-corrected chi connectivity index (χ4v) is 5.25. The Kier molecular flexibility index (Phi) is 16.1. The molecule has 0 amide bonds. The molecule has 0 atom stereocenters. The zero-order chi connectivity index (χ0) is 41.8. The van der Waals surface area contributed by atoms with Gasteiger partial charge in [-0.05, 0) is 66.1 Å². The molecule has 3 aromatic carbocycles. The number of esters is 2. The number of halogens is 12. The van der Waals surface area contributed by atoms with E-state index in [4.69, 9.17) is 9.47 Å². The fourth-order valence-electron chi connectivity index (χ4n) is 5.25. The van der Waals surface area contributed by atoms with Crippen molar-refractivity contribution >= 4 is 11.9 Å². The number of carbonyl (C=O) groups is 2. The maximum atomic E-state index is 14.0. The highest BCUT2D eigenvalue weighted by molar-refractivity contribution is 5.92. The number of rotatable bonds is 23. The van der Waals surface area contributed by atoms with Gasteiger partial charge in [0.15, 0.2) is 6.61 Å². The Morgan fingerprint density at radius 3 is 1.46 bits per heavy atom. The number of benzene rings is 3. The van der Waals surface area contributed by atoms with Crippen LogP contribution >= 0.6 is 0 Å². The molecule has 0 aromatic heterocycles. The molecule has 17 heteroatoms. The Bertz CT molecular complexity index is 1680. The summed E-state index contributed by atoms with van der Waals surface area (Å²) >= 11 is 0. The van der Waals surface area contributed by atoms with Crippen LogP contribution in [0.3, 0.4) is 0 Å². The number of hydrogen-bond donors (Lipinski definition) is 0. The number of alkyl halides is 12. The van der Waals surface area contributed by atoms with E-state index >= 15 is 0 Å². The lowest BCUT2D eigenvalue weighted by molar-refractivity contribution is -0.414. The highest BCUT2D eigenvalue weighted by Crippen LogP contribution is 2.58. The van der Waals surface area contributed by atoms with Crippen LogP contribution in [0.2, 0.25) is 0 Å². The van der Waals surface area contributed by atoms with Crippen molar-refractivity contribution in [3.63, 3.8) is 0 Å². The van der Waals surface area contributed by atoms with E-state index in [2.05, 4.69) is 11.7 Å². The molecule has 56 heavy (non-hydrogen) atoms. The topological polar surface area (TPSA) is 61.8 Å². The van der Waals surface area contributed by atoms with Crippen molar-refractivity contribution in [1.82, 2.24) is 0 Å². The van der Waals surface area contributed by atoms with Crippen molar-refractivity contribution in [1.29, 1.82) is 0 Å². The largest absolute Gasteiger partial charge is 0.494 e. The molecule has 3 aromatic rings. The first kappa shape index (κ1) is 45.9. The van der Waals surface area contributed by atoms with E-state index in [1.54, 1.807) is 12.1 Å². The van der Waals surface area contributed by atoms with Gasteiger partial charge in [0.2, 0.25) is 0 Å². The van der Waals surface area contributed by atoms with Crippen LogP contribution in [0.4, 0.5) is 52.7 Å². The Labute approximate surface area is 315 Å². The second-order valence-electron chi connectivity index (χ2n) is 13.0. The molecule has 0 unspecified atom stereocenters. The normalized spacial score (nSPS) is 12.8. The average Bonchev–Trinajstić information content (AvgIpc) is 3.16. The minimum Gasteiger partial charge on any atom is -0.494 e. The van der Waals surface area contributed by atoms with Gasteiger partial charge in [-0.1, -0.05) is 89.0 Å². The Morgan fingerprint density at radius 2 is 0.964 bits per heavy atom. The number of hydrogen-bond acceptors (Lipinski definition) is 5. The smallest absolute Gasteiger partial charge is 0.384 e. The highest BCUT2D eigenvalue weighted by Gasteiger charge is 2.87. The second kappa shape index (κ2) is 19.6. The van der Waals surface area contributed by atoms with Gasteiger partial charge < -0.3 is 14.2 Å². The van der Waals surface area contributed by atoms with Crippen molar-refractivity contribution < 1.29 is 76.5 Å². The molecule has 0 aliphatic heterocycles. The van der Waals surface area contributed by atoms with Crippen LogP contribution < -0.4 is 9.47 Å². The van der Waals surface area contributed by atoms with E-state index in [0.29, 0.717) is 6.61 Å². The molecule has 310 valence electrons. The molecular weight excluding hydrogens is 776 g/mol. The molecule has 5 nitrogen and oxygen atoms in total. The van der Waals surface area contributed by atoms with E-state index in [0.717, 1.165) is 54.0 Å². The summed E-state index contributed by atoms with van der Waals surface area (Å²) in [5.41, 5.74) is 0.966. The van der Waals surface area contributed by atoms with Gasteiger partial charge in [0.25, 0.3) is 0 Å². The van der Waals surface area contributed by atoms with Crippen molar-refractivity contribution in [2.75, 3.05) is 13.2 Å². The molecule has 0 aliphatic rings. The van der Waals surface area contributed by atoms with Gasteiger partial charge >= 0.3 is 48.0 Å². The summed E-state index contributed by atoms with van der Waals surface area (Å²) in [6.07, 6.45) is 6.57. The summed E-state index contributed by atoms with van der Waals surface area (Å²) in [5, 5.41) is 0. The molecule has 0 heterocycles. The first-order valence-corrected chi connectivity index (χ1v) is 17.7. The van der Waals surface area contributed by atoms with E-state index < -0.39 is 60.1 Å². The number of ether oxygens (including phenoxy) is 3. The minimum atomic E-state index is -7.74. The van der Waals surface area contributed by atoms with E-state index in [1.165, 1.54) is 63.5 Å². The predicted molar refractivity (Wildman–Crippen MR) is 182 cm³/mol. The summed E-state index contributed by atoms with van der Waals surface area (Å²) < 4.78 is 175. The molecule has 3 rings (SSSR count). The van der Waals surface area contributed by atoms with Gasteiger partial charge in [-0.2, -0.15) is 43.9 Å². The van der Waals surface area contributed by atoms with Crippen LogP contribution in [0, 0.1) is 0 Å².